The molecule has 1 N–H and O–H groups in total. The van der Waals surface area contributed by atoms with Gasteiger partial charge in [0.2, 0.25) is 11.8 Å². The summed E-state index contributed by atoms with van der Waals surface area (Å²) in [7, 11) is 0. The van der Waals surface area contributed by atoms with Crippen molar-refractivity contribution in [2.75, 3.05) is 25.1 Å². The number of carbonyl (C=O) groups is 5. The number of alkyl halides is 2. The van der Waals surface area contributed by atoms with E-state index in [0.717, 1.165) is 19.3 Å². The van der Waals surface area contributed by atoms with Crippen molar-refractivity contribution in [3.05, 3.63) is 29.8 Å². The second kappa shape index (κ2) is 11.4. The molecule has 11 heteroatoms. The molecule has 36 heavy (non-hydrogen) atoms. The van der Waals surface area contributed by atoms with Crippen molar-refractivity contribution < 1.29 is 33.4 Å². The highest BCUT2D eigenvalue weighted by Gasteiger charge is 2.66. The second-order valence-corrected chi connectivity index (χ2v) is 11.5. The predicted molar refractivity (Wildman–Crippen MR) is 137 cm³/mol. The largest absolute Gasteiger partial charge is 0.462 e. The quantitative estimate of drug-likeness (QED) is 0.183. The average molecular weight is 628 g/mol. The molecule has 2 aliphatic carbocycles. The van der Waals surface area contributed by atoms with Gasteiger partial charge in [0.15, 0.2) is 6.61 Å². The lowest BCUT2D eigenvalue weighted by molar-refractivity contribution is -0.149. The van der Waals surface area contributed by atoms with Gasteiger partial charge < -0.3 is 14.8 Å². The highest BCUT2D eigenvalue weighted by molar-refractivity contribution is 9.12. The number of esters is 2. The molecular formula is C25H28Br2N2O7. The Kier molecular flexibility index (Phi) is 8.49. The molecule has 0 radical (unpaired) electrons. The number of benzene rings is 1. The fraction of sp³-hybridized carbons (Fsp3) is 0.560. The molecule has 2 bridgehead atoms. The number of carbonyl (C=O) groups excluding carboxylic acids is 5. The lowest BCUT2D eigenvalue weighted by Crippen LogP contribution is -2.37. The third-order valence-electron chi connectivity index (χ3n) is 7.12. The Hall–Kier alpha value is -2.27. The molecule has 9 nitrogen and oxygen atoms in total. The maximum absolute atomic E-state index is 12.9. The first kappa shape index (κ1) is 26.8. The number of amides is 3. The zero-order valence-corrected chi connectivity index (χ0v) is 23.0. The molecule has 6 atom stereocenters. The van der Waals surface area contributed by atoms with Crippen LogP contribution in [-0.4, -0.2) is 64.0 Å². The molecule has 3 amide bonds. The summed E-state index contributed by atoms with van der Waals surface area (Å²) >= 11 is 7.29. The van der Waals surface area contributed by atoms with Crippen LogP contribution in [0, 0.1) is 23.7 Å². The van der Waals surface area contributed by atoms with Crippen LogP contribution in [0.5, 0.6) is 0 Å². The summed E-state index contributed by atoms with van der Waals surface area (Å²) in [5, 5.41) is 2.58. The lowest BCUT2D eigenvalue weighted by Gasteiger charge is -2.28. The molecule has 3 aliphatic rings. The van der Waals surface area contributed by atoms with Crippen molar-refractivity contribution >= 4 is 67.2 Å². The second-order valence-electron chi connectivity index (χ2n) is 9.36. The van der Waals surface area contributed by atoms with Crippen LogP contribution in [0.15, 0.2) is 24.3 Å². The van der Waals surface area contributed by atoms with Gasteiger partial charge in [-0.1, -0.05) is 45.2 Å². The van der Waals surface area contributed by atoms with Crippen LogP contribution >= 0.6 is 31.9 Å². The van der Waals surface area contributed by atoms with Crippen LogP contribution in [0.2, 0.25) is 0 Å². The molecule has 0 spiro atoms. The van der Waals surface area contributed by atoms with Gasteiger partial charge in [0.05, 0.1) is 30.4 Å². The fourth-order valence-electron chi connectivity index (χ4n) is 5.33. The lowest BCUT2D eigenvalue weighted by atomic mass is 9.81. The molecule has 1 heterocycles. The Balaban J connectivity index is 1.19. The number of unbranched alkanes of at least 4 members (excludes halogenated alkanes) is 1. The number of rotatable bonds is 10. The molecule has 1 aromatic carbocycles. The molecule has 2 saturated carbocycles. The first-order valence-corrected chi connectivity index (χ1v) is 13.9. The summed E-state index contributed by atoms with van der Waals surface area (Å²) in [5.74, 6) is -2.52. The van der Waals surface area contributed by atoms with E-state index in [1.807, 2.05) is 6.92 Å². The van der Waals surface area contributed by atoms with E-state index in [1.54, 1.807) is 12.1 Å². The highest BCUT2D eigenvalue weighted by atomic mass is 79.9. The first-order chi connectivity index (χ1) is 17.2. The molecule has 1 saturated heterocycles. The third-order valence-corrected chi connectivity index (χ3v) is 10.3. The van der Waals surface area contributed by atoms with E-state index >= 15 is 0 Å². The van der Waals surface area contributed by atoms with Crippen molar-refractivity contribution in [3.63, 3.8) is 0 Å². The van der Waals surface area contributed by atoms with E-state index in [1.165, 1.54) is 17.0 Å². The maximum Gasteiger partial charge on any atom is 0.338 e. The number of anilines is 1. The van der Waals surface area contributed by atoms with E-state index in [9.17, 15) is 24.0 Å². The summed E-state index contributed by atoms with van der Waals surface area (Å²) in [4.78, 5) is 63.5. The molecule has 1 aromatic rings. The number of imide groups is 1. The summed E-state index contributed by atoms with van der Waals surface area (Å²) in [5.41, 5.74) is 0.808. The zero-order chi connectivity index (χ0) is 26.0. The maximum atomic E-state index is 12.9. The van der Waals surface area contributed by atoms with Gasteiger partial charge in [0.1, 0.15) is 0 Å². The van der Waals surface area contributed by atoms with Crippen LogP contribution in [-0.2, 0) is 28.7 Å². The van der Waals surface area contributed by atoms with Crippen LogP contribution in [0.1, 0.15) is 43.0 Å². The number of likely N-dealkylation sites (tertiary alicyclic amines) is 1. The number of hydrogen-bond acceptors (Lipinski definition) is 7. The summed E-state index contributed by atoms with van der Waals surface area (Å²) in [6.07, 6.45) is 2.38. The van der Waals surface area contributed by atoms with Crippen molar-refractivity contribution in [1.82, 2.24) is 4.90 Å². The molecular weight excluding hydrogens is 600 g/mol. The molecule has 4 rings (SSSR count). The van der Waals surface area contributed by atoms with Gasteiger partial charge in [-0.25, -0.2) is 4.79 Å². The molecule has 194 valence electrons. The normalized spacial score (nSPS) is 28.2. The van der Waals surface area contributed by atoms with Crippen LogP contribution < -0.4 is 5.32 Å². The van der Waals surface area contributed by atoms with Gasteiger partial charge in [0.25, 0.3) is 5.91 Å². The van der Waals surface area contributed by atoms with E-state index in [4.69, 9.17) is 9.47 Å². The number of hydrogen-bond donors (Lipinski definition) is 1. The predicted octanol–water partition coefficient (Wildman–Crippen LogP) is 3.29. The van der Waals surface area contributed by atoms with Gasteiger partial charge in [0, 0.05) is 21.9 Å². The Morgan fingerprint density at radius 2 is 1.61 bits per heavy atom. The SMILES string of the molecule is CCCCOC(=O)c1ccc(NC(=O)COC(=O)CCN2C(=O)[C@@H]3[C@H]4C[C@@H]([C@H](Br)[C@@H]4Br)[C@@H]3C2=O)cc1. The van der Waals surface area contributed by atoms with Crippen molar-refractivity contribution in [2.45, 2.75) is 42.3 Å². The topological polar surface area (TPSA) is 119 Å². The summed E-state index contributed by atoms with van der Waals surface area (Å²) < 4.78 is 10.2. The van der Waals surface area contributed by atoms with Crippen molar-refractivity contribution in [1.29, 1.82) is 0 Å². The molecule has 0 unspecified atom stereocenters. The van der Waals surface area contributed by atoms with Crippen molar-refractivity contribution in [2.24, 2.45) is 23.7 Å². The van der Waals surface area contributed by atoms with Gasteiger partial charge in [-0.15, -0.1) is 0 Å². The van der Waals surface area contributed by atoms with Gasteiger partial charge >= 0.3 is 11.9 Å². The highest BCUT2D eigenvalue weighted by Crippen LogP contribution is 2.60. The number of fused-ring (bicyclic) bond motifs is 5. The van der Waals surface area contributed by atoms with E-state index in [-0.39, 0.29) is 58.1 Å². The number of halogens is 2. The number of ether oxygens (including phenoxy) is 2. The monoisotopic (exact) mass is 626 g/mol. The molecule has 3 fully saturated rings. The Morgan fingerprint density at radius 1 is 1.00 bits per heavy atom. The van der Waals surface area contributed by atoms with Crippen molar-refractivity contribution in [3.8, 4) is 0 Å². The Labute approximate surface area is 225 Å². The Bertz CT molecular complexity index is 1020. The van der Waals surface area contributed by atoms with E-state index < -0.39 is 24.5 Å². The average Bonchev–Trinajstić information content (AvgIpc) is 3.47. The smallest absolute Gasteiger partial charge is 0.338 e. The third kappa shape index (κ3) is 5.37. The standard InChI is InChI=1S/C25H28Br2N2O7/c1-2-3-10-35-25(34)13-4-6-14(7-5-13)28-17(30)12-36-18(31)8-9-29-23(32)19-15-11-16(20(19)24(29)33)22(27)21(15)26/h4-7,15-16,19-22H,2-3,8-12H2,1H3,(H,28,30)/t15-,16-,19-,20+,21-,22+/m1/s1. The molecule has 1 aliphatic heterocycles. The number of nitrogens with zero attached hydrogens (tertiary/aromatic N) is 1. The minimum atomic E-state index is -0.673. The summed E-state index contributed by atoms with van der Waals surface area (Å²) in [6.45, 7) is 1.80. The van der Waals surface area contributed by atoms with Crippen LogP contribution in [0.4, 0.5) is 5.69 Å². The Morgan fingerprint density at radius 3 is 2.19 bits per heavy atom. The van der Waals surface area contributed by atoms with Gasteiger partial charge in [-0.3, -0.25) is 24.1 Å². The van der Waals surface area contributed by atoms with Crippen LogP contribution in [0.25, 0.3) is 0 Å². The summed E-state index contributed by atoms with van der Waals surface area (Å²) in [6, 6.07) is 6.19. The fourth-order valence-corrected chi connectivity index (χ4v) is 7.20. The van der Waals surface area contributed by atoms with E-state index in [0.29, 0.717) is 17.9 Å². The minimum Gasteiger partial charge on any atom is -0.462 e. The van der Waals surface area contributed by atoms with Gasteiger partial charge in [-0.2, -0.15) is 0 Å². The van der Waals surface area contributed by atoms with Gasteiger partial charge in [-0.05, 0) is 48.9 Å². The minimum absolute atomic E-state index is 0.0553. The zero-order valence-electron chi connectivity index (χ0n) is 19.8. The molecule has 0 aromatic heterocycles. The first-order valence-electron chi connectivity index (χ1n) is 12.1. The van der Waals surface area contributed by atoms with Crippen LogP contribution in [0.3, 0.4) is 0 Å². The van der Waals surface area contributed by atoms with E-state index in [2.05, 4.69) is 37.2 Å². The number of nitrogens with one attached hydrogen (secondary N) is 1.